The predicted octanol–water partition coefficient (Wildman–Crippen LogP) is 1.94. The zero-order valence-electron chi connectivity index (χ0n) is 11.6. The van der Waals surface area contributed by atoms with Crippen LogP contribution < -0.4 is 5.32 Å². The summed E-state index contributed by atoms with van der Waals surface area (Å²) in [6.45, 7) is 9.31. The number of nitrogens with one attached hydrogen (secondary N) is 1. The van der Waals surface area contributed by atoms with E-state index in [0.717, 1.165) is 25.7 Å². The maximum atomic E-state index is 11.9. The first-order valence-corrected chi connectivity index (χ1v) is 6.66. The summed E-state index contributed by atoms with van der Waals surface area (Å²) < 4.78 is 0. The van der Waals surface area contributed by atoms with Gasteiger partial charge in [-0.1, -0.05) is 27.2 Å². The minimum absolute atomic E-state index is 0.0566. The number of unbranched alkanes of at least 4 members (excludes halogenated alkanes) is 1. The Kier molecular flexibility index (Phi) is 8.46. The van der Waals surface area contributed by atoms with Crippen LogP contribution in [0.25, 0.3) is 0 Å². The fourth-order valence-electron chi connectivity index (χ4n) is 1.46. The lowest BCUT2D eigenvalue weighted by Gasteiger charge is -2.22. The maximum Gasteiger partial charge on any atom is 0.311 e. The normalized spacial score (nSPS) is 12.0. The van der Waals surface area contributed by atoms with Gasteiger partial charge in [-0.05, 0) is 26.2 Å². The number of hydrogen-bond acceptors (Lipinski definition) is 2. The fourth-order valence-corrected chi connectivity index (χ4v) is 1.46. The van der Waals surface area contributed by atoms with Gasteiger partial charge in [-0.2, -0.15) is 0 Å². The third-order valence-corrected chi connectivity index (χ3v) is 2.75. The van der Waals surface area contributed by atoms with Crippen LogP contribution in [0.3, 0.4) is 0 Å². The van der Waals surface area contributed by atoms with E-state index in [1.807, 2.05) is 20.8 Å². The van der Waals surface area contributed by atoms with Gasteiger partial charge in [0.15, 0.2) is 0 Å². The molecule has 0 aromatic rings. The van der Waals surface area contributed by atoms with Gasteiger partial charge >= 0.3 is 11.8 Å². The van der Waals surface area contributed by atoms with Crippen LogP contribution in [0.1, 0.15) is 53.4 Å². The highest BCUT2D eigenvalue weighted by Gasteiger charge is 2.21. The van der Waals surface area contributed by atoms with Crippen molar-refractivity contribution < 1.29 is 9.59 Å². The SMILES string of the molecule is CCCCN(CCC)C(=O)C(=O)NC(C)CC. The van der Waals surface area contributed by atoms with Crippen molar-refractivity contribution >= 4 is 11.8 Å². The summed E-state index contributed by atoms with van der Waals surface area (Å²) in [6, 6.07) is 0.0566. The molecular weight excluding hydrogens is 216 g/mol. The minimum atomic E-state index is -0.469. The smallest absolute Gasteiger partial charge is 0.311 e. The molecule has 0 fully saturated rings. The second-order valence-corrected chi connectivity index (χ2v) is 4.43. The quantitative estimate of drug-likeness (QED) is 0.694. The maximum absolute atomic E-state index is 11.9. The van der Waals surface area contributed by atoms with Crippen molar-refractivity contribution in [3.63, 3.8) is 0 Å². The number of rotatable bonds is 7. The van der Waals surface area contributed by atoms with Gasteiger partial charge in [0.25, 0.3) is 0 Å². The molecule has 0 heterocycles. The number of carbonyl (C=O) groups excluding carboxylic acids is 2. The molecule has 0 rings (SSSR count). The summed E-state index contributed by atoms with van der Waals surface area (Å²) in [6.07, 6.45) is 3.69. The van der Waals surface area contributed by atoms with Gasteiger partial charge in [0.05, 0.1) is 0 Å². The Morgan fingerprint density at radius 2 is 1.76 bits per heavy atom. The first kappa shape index (κ1) is 15.9. The van der Waals surface area contributed by atoms with Gasteiger partial charge in [-0.25, -0.2) is 0 Å². The average molecular weight is 242 g/mol. The van der Waals surface area contributed by atoms with Crippen molar-refractivity contribution in [2.45, 2.75) is 59.4 Å². The molecule has 0 saturated heterocycles. The largest absolute Gasteiger partial charge is 0.345 e. The molecule has 17 heavy (non-hydrogen) atoms. The molecule has 1 N–H and O–H groups in total. The summed E-state index contributed by atoms with van der Waals surface area (Å²) >= 11 is 0. The summed E-state index contributed by atoms with van der Waals surface area (Å²) in [5.41, 5.74) is 0. The predicted molar refractivity (Wildman–Crippen MR) is 69.7 cm³/mol. The van der Waals surface area contributed by atoms with E-state index < -0.39 is 5.91 Å². The Bertz CT molecular complexity index is 242. The van der Waals surface area contributed by atoms with Gasteiger partial charge in [0, 0.05) is 19.1 Å². The van der Waals surface area contributed by atoms with Gasteiger partial charge in [0.2, 0.25) is 0 Å². The lowest BCUT2D eigenvalue weighted by molar-refractivity contribution is -0.146. The Balaban J connectivity index is 4.32. The Morgan fingerprint density at radius 1 is 1.12 bits per heavy atom. The molecule has 0 aliphatic heterocycles. The molecule has 1 unspecified atom stereocenters. The number of hydrogen-bond donors (Lipinski definition) is 1. The van der Waals surface area contributed by atoms with Gasteiger partial charge in [-0.3, -0.25) is 9.59 Å². The van der Waals surface area contributed by atoms with E-state index in [4.69, 9.17) is 0 Å². The molecule has 0 radical (unpaired) electrons. The van der Waals surface area contributed by atoms with Crippen LogP contribution in [0.2, 0.25) is 0 Å². The van der Waals surface area contributed by atoms with Crippen LogP contribution in [0.15, 0.2) is 0 Å². The summed E-state index contributed by atoms with van der Waals surface area (Å²) in [7, 11) is 0. The van der Waals surface area contributed by atoms with Gasteiger partial charge in [0.1, 0.15) is 0 Å². The van der Waals surface area contributed by atoms with Crippen molar-refractivity contribution in [1.29, 1.82) is 0 Å². The van der Waals surface area contributed by atoms with Crippen LogP contribution in [0, 0.1) is 0 Å². The highest BCUT2D eigenvalue weighted by atomic mass is 16.2. The first-order chi connectivity index (χ1) is 8.06. The molecule has 0 saturated carbocycles. The number of nitrogens with zero attached hydrogens (tertiary/aromatic N) is 1. The van der Waals surface area contributed by atoms with E-state index in [9.17, 15) is 9.59 Å². The van der Waals surface area contributed by atoms with E-state index in [1.54, 1.807) is 4.90 Å². The molecule has 0 bridgehead atoms. The van der Waals surface area contributed by atoms with E-state index >= 15 is 0 Å². The molecule has 0 aromatic heterocycles. The van der Waals surface area contributed by atoms with Crippen LogP contribution in [0.5, 0.6) is 0 Å². The Morgan fingerprint density at radius 3 is 2.24 bits per heavy atom. The van der Waals surface area contributed by atoms with Crippen molar-refractivity contribution in [2.75, 3.05) is 13.1 Å². The topological polar surface area (TPSA) is 49.4 Å². The van der Waals surface area contributed by atoms with Crippen LogP contribution in [-0.4, -0.2) is 35.8 Å². The van der Waals surface area contributed by atoms with Crippen molar-refractivity contribution in [1.82, 2.24) is 10.2 Å². The van der Waals surface area contributed by atoms with Gasteiger partial charge in [-0.15, -0.1) is 0 Å². The number of carbonyl (C=O) groups is 2. The molecule has 0 aliphatic rings. The Labute approximate surface area is 105 Å². The lowest BCUT2D eigenvalue weighted by atomic mass is 10.2. The second kappa shape index (κ2) is 9.02. The van der Waals surface area contributed by atoms with E-state index in [0.29, 0.717) is 13.1 Å². The third-order valence-electron chi connectivity index (χ3n) is 2.75. The van der Waals surface area contributed by atoms with E-state index in [2.05, 4.69) is 12.2 Å². The lowest BCUT2D eigenvalue weighted by Crippen LogP contribution is -2.46. The summed E-state index contributed by atoms with van der Waals surface area (Å²) in [5.74, 6) is -0.857. The number of amides is 2. The molecular formula is C13H26N2O2. The molecule has 0 spiro atoms. The van der Waals surface area contributed by atoms with Gasteiger partial charge < -0.3 is 10.2 Å². The van der Waals surface area contributed by atoms with Crippen molar-refractivity contribution in [3.8, 4) is 0 Å². The molecule has 0 aliphatic carbocycles. The zero-order chi connectivity index (χ0) is 13.3. The molecule has 100 valence electrons. The standard InChI is InChI=1S/C13H26N2O2/c1-5-8-10-15(9-6-2)13(17)12(16)14-11(4)7-3/h11H,5-10H2,1-4H3,(H,14,16). The zero-order valence-corrected chi connectivity index (χ0v) is 11.6. The first-order valence-electron chi connectivity index (χ1n) is 6.66. The van der Waals surface area contributed by atoms with Crippen molar-refractivity contribution in [3.05, 3.63) is 0 Å². The van der Waals surface area contributed by atoms with E-state index in [-0.39, 0.29) is 11.9 Å². The molecule has 4 heteroatoms. The summed E-state index contributed by atoms with van der Waals surface area (Å²) in [5, 5.41) is 2.71. The van der Waals surface area contributed by atoms with Crippen molar-refractivity contribution in [2.24, 2.45) is 0 Å². The van der Waals surface area contributed by atoms with Crippen LogP contribution >= 0.6 is 0 Å². The fraction of sp³-hybridized carbons (Fsp3) is 0.846. The highest BCUT2D eigenvalue weighted by Crippen LogP contribution is 1.99. The molecule has 4 nitrogen and oxygen atoms in total. The average Bonchev–Trinajstić information content (AvgIpc) is 2.33. The molecule has 2 amide bonds. The van der Waals surface area contributed by atoms with Crippen LogP contribution in [-0.2, 0) is 9.59 Å². The Hall–Kier alpha value is -1.06. The van der Waals surface area contributed by atoms with Crippen LogP contribution in [0.4, 0.5) is 0 Å². The highest BCUT2D eigenvalue weighted by molar-refractivity contribution is 6.35. The minimum Gasteiger partial charge on any atom is -0.345 e. The second-order valence-electron chi connectivity index (χ2n) is 4.43. The monoisotopic (exact) mass is 242 g/mol. The van der Waals surface area contributed by atoms with E-state index in [1.165, 1.54) is 0 Å². The molecule has 0 aromatic carbocycles. The third kappa shape index (κ3) is 6.29. The summed E-state index contributed by atoms with van der Waals surface area (Å²) in [4.78, 5) is 25.2. The molecule has 1 atom stereocenters.